The van der Waals surface area contributed by atoms with Crippen molar-refractivity contribution >= 4 is 5.78 Å². The summed E-state index contributed by atoms with van der Waals surface area (Å²) in [7, 11) is 1.49. The van der Waals surface area contributed by atoms with Gasteiger partial charge in [-0.05, 0) is 18.6 Å². The smallest absolute Gasteiger partial charge is 0.140 e. The van der Waals surface area contributed by atoms with E-state index in [1.165, 1.54) is 13.2 Å². The van der Waals surface area contributed by atoms with Gasteiger partial charge in [0.15, 0.2) is 0 Å². The minimum atomic E-state index is -0.345. The molecule has 0 aliphatic heterocycles. The molecule has 1 aromatic rings. The van der Waals surface area contributed by atoms with E-state index in [0.717, 1.165) is 6.42 Å². The summed E-state index contributed by atoms with van der Waals surface area (Å²) in [6.45, 7) is 0. The molecular weight excluding hydrogens is 183 g/mol. The van der Waals surface area contributed by atoms with E-state index in [-0.39, 0.29) is 17.5 Å². The van der Waals surface area contributed by atoms with E-state index in [1.807, 2.05) is 0 Å². The first kappa shape index (κ1) is 9.19. The first-order chi connectivity index (χ1) is 6.74. The number of hydrogen-bond acceptors (Lipinski definition) is 2. The Bertz CT molecular complexity index is 374. The summed E-state index contributed by atoms with van der Waals surface area (Å²) < 4.78 is 18.5. The van der Waals surface area contributed by atoms with Gasteiger partial charge in [-0.3, -0.25) is 4.79 Å². The lowest BCUT2D eigenvalue weighted by molar-refractivity contribution is -0.125. The molecule has 1 aliphatic rings. The Balaban J connectivity index is 2.44. The average Bonchev–Trinajstić information content (AvgIpc) is 2.18. The number of carbonyl (C=O) groups is 1. The SMILES string of the molecule is COc1cccc(F)c1C1CCC1=O. The Hall–Kier alpha value is -1.38. The molecule has 0 N–H and O–H groups in total. The number of hydrogen-bond donors (Lipinski definition) is 0. The number of Topliss-reactive ketones (excluding diaryl/α,β-unsaturated/α-hetero) is 1. The van der Waals surface area contributed by atoms with Crippen molar-refractivity contribution in [1.29, 1.82) is 0 Å². The molecule has 0 amide bonds. The van der Waals surface area contributed by atoms with Crippen LogP contribution in [0.3, 0.4) is 0 Å². The first-order valence-electron chi connectivity index (χ1n) is 4.59. The zero-order valence-electron chi connectivity index (χ0n) is 7.92. The Labute approximate surface area is 81.7 Å². The molecule has 0 radical (unpaired) electrons. The largest absolute Gasteiger partial charge is 0.496 e. The highest BCUT2D eigenvalue weighted by Crippen LogP contribution is 2.39. The fourth-order valence-corrected chi connectivity index (χ4v) is 1.75. The zero-order chi connectivity index (χ0) is 10.1. The third-order valence-corrected chi connectivity index (χ3v) is 2.65. The highest BCUT2D eigenvalue weighted by molar-refractivity contribution is 5.91. The summed E-state index contributed by atoms with van der Waals surface area (Å²) in [5.41, 5.74) is 0.422. The molecule has 2 rings (SSSR count). The minimum absolute atomic E-state index is 0.105. The van der Waals surface area contributed by atoms with Gasteiger partial charge in [-0.25, -0.2) is 4.39 Å². The average molecular weight is 194 g/mol. The summed E-state index contributed by atoms with van der Waals surface area (Å²) in [4.78, 5) is 11.2. The van der Waals surface area contributed by atoms with Crippen LogP contribution in [0.1, 0.15) is 24.3 Å². The molecule has 0 spiro atoms. The lowest BCUT2D eigenvalue weighted by atomic mass is 9.78. The molecule has 1 unspecified atom stereocenters. The summed E-state index contributed by atoms with van der Waals surface area (Å²) in [6.07, 6.45) is 1.29. The maximum atomic E-state index is 13.4. The van der Waals surface area contributed by atoms with Gasteiger partial charge >= 0.3 is 0 Å². The topological polar surface area (TPSA) is 26.3 Å². The highest BCUT2D eigenvalue weighted by atomic mass is 19.1. The number of rotatable bonds is 2. The van der Waals surface area contributed by atoms with Crippen molar-refractivity contribution in [2.45, 2.75) is 18.8 Å². The molecule has 1 aromatic carbocycles. The maximum absolute atomic E-state index is 13.4. The number of methoxy groups -OCH3 is 1. The molecule has 2 nitrogen and oxygen atoms in total. The van der Waals surface area contributed by atoms with Crippen molar-refractivity contribution in [2.24, 2.45) is 0 Å². The van der Waals surface area contributed by atoms with Crippen LogP contribution in [0.2, 0.25) is 0 Å². The predicted molar refractivity (Wildman–Crippen MR) is 49.9 cm³/mol. The van der Waals surface area contributed by atoms with E-state index in [9.17, 15) is 9.18 Å². The molecular formula is C11H11FO2. The number of ether oxygens (including phenoxy) is 1. The van der Waals surface area contributed by atoms with E-state index in [1.54, 1.807) is 12.1 Å². The molecule has 1 saturated carbocycles. The van der Waals surface area contributed by atoms with Crippen LogP contribution in [0, 0.1) is 5.82 Å². The standard InChI is InChI=1S/C11H11FO2/c1-14-10-4-2-3-8(12)11(10)7-5-6-9(7)13/h2-4,7H,5-6H2,1H3. The molecule has 1 atom stereocenters. The van der Waals surface area contributed by atoms with Crippen LogP contribution in [-0.2, 0) is 4.79 Å². The molecule has 1 aliphatic carbocycles. The summed E-state index contributed by atoms with van der Waals surface area (Å²) in [5.74, 6) is -0.0509. The van der Waals surface area contributed by atoms with Crippen molar-refractivity contribution in [3.8, 4) is 5.75 Å². The van der Waals surface area contributed by atoms with Crippen LogP contribution in [0.4, 0.5) is 4.39 Å². The quantitative estimate of drug-likeness (QED) is 0.722. The lowest BCUT2D eigenvalue weighted by Crippen LogP contribution is -2.24. The normalized spacial score (nSPS) is 20.4. The molecule has 1 fully saturated rings. The number of ketones is 1. The van der Waals surface area contributed by atoms with Gasteiger partial charge in [0.05, 0.1) is 7.11 Å². The molecule has 14 heavy (non-hydrogen) atoms. The van der Waals surface area contributed by atoms with Crippen LogP contribution in [0.25, 0.3) is 0 Å². The molecule has 0 bridgehead atoms. The Morgan fingerprint density at radius 3 is 2.79 bits per heavy atom. The Morgan fingerprint density at radius 1 is 1.50 bits per heavy atom. The van der Waals surface area contributed by atoms with Crippen LogP contribution in [0.15, 0.2) is 18.2 Å². The lowest BCUT2D eigenvalue weighted by Gasteiger charge is -2.26. The van der Waals surface area contributed by atoms with Gasteiger partial charge in [-0.2, -0.15) is 0 Å². The number of carbonyl (C=O) groups excluding carboxylic acids is 1. The molecule has 0 saturated heterocycles. The van der Waals surface area contributed by atoms with Gasteiger partial charge in [0.25, 0.3) is 0 Å². The van der Waals surface area contributed by atoms with E-state index < -0.39 is 0 Å². The second-order valence-electron chi connectivity index (χ2n) is 3.41. The highest BCUT2D eigenvalue weighted by Gasteiger charge is 2.33. The Kier molecular flexibility index (Phi) is 2.23. The summed E-state index contributed by atoms with van der Waals surface area (Å²) in [6, 6.07) is 4.63. The van der Waals surface area contributed by atoms with Gasteiger partial charge in [0.1, 0.15) is 17.3 Å². The molecule has 3 heteroatoms. The van der Waals surface area contributed by atoms with Crippen LogP contribution < -0.4 is 4.74 Å². The second-order valence-corrected chi connectivity index (χ2v) is 3.41. The predicted octanol–water partition coefficient (Wildman–Crippen LogP) is 2.28. The van der Waals surface area contributed by atoms with Crippen LogP contribution in [0.5, 0.6) is 5.75 Å². The van der Waals surface area contributed by atoms with Crippen molar-refractivity contribution in [1.82, 2.24) is 0 Å². The van der Waals surface area contributed by atoms with E-state index >= 15 is 0 Å². The number of benzene rings is 1. The zero-order valence-corrected chi connectivity index (χ0v) is 7.92. The number of halogens is 1. The fraction of sp³-hybridized carbons (Fsp3) is 0.364. The molecule has 74 valence electrons. The van der Waals surface area contributed by atoms with E-state index in [4.69, 9.17) is 4.74 Å². The third-order valence-electron chi connectivity index (χ3n) is 2.65. The van der Waals surface area contributed by atoms with Crippen LogP contribution >= 0.6 is 0 Å². The van der Waals surface area contributed by atoms with Gasteiger partial charge in [-0.15, -0.1) is 0 Å². The van der Waals surface area contributed by atoms with Gasteiger partial charge < -0.3 is 4.74 Å². The minimum Gasteiger partial charge on any atom is -0.496 e. The third kappa shape index (κ3) is 1.29. The first-order valence-corrected chi connectivity index (χ1v) is 4.59. The van der Waals surface area contributed by atoms with Crippen molar-refractivity contribution < 1.29 is 13.9 Å². The van der Waals surface area contributed by atoms with Crippen molar-refractivity contribution in [3.63, 3.8) is 0 Å². The van der Waals surface area contributed by atoms with E-state index in [0.29, 0.717) is 17.7 Å². The summed E-state index contributed by atoms with van der Waals surface area (Å²) >= 11 is 0. The fourth-order valence-electron chi connectivity index (χ4n) is 1.75. The maximum Gasteiger partial charge on any atom is 0.140 e. The molecule has 0 heterocycles. The second kappa shape index (κ2) is 3.40. The monoisotopic (exact) mass is 194 g/mol. The van der Waals surface area contributed by atoms with Crippen molar-refractivity contribution in [2.75, 3.05) is 7.11 Å². The van der Waals surface area contributed by atoms with Crippen LogP contribution in [-0.4, -0.2) is 12.9 Å². The van der Waals surface area contributed by atoms with Gasteiger partial charge in [-0.1, -0.05) is 6.07 Å². The Morgan fingerprint density at radius 2 is 2.29 bits per heavy atom. The van der Waals surface area contributed by atoms with Crippen molar-refractivity contribution in [3.05, 3.63) is 29.6 Å². The summed E-state index contributed by atoms with van der Waals surface area (Å²) in [5, 5.41) is 0. The van der Waals surface area contributed by atoms with Gasteiger partial charge in [0.2, 0.25) is 0 Å². The molecule has 0 aromatic heterocycles. The van der Waals surface area contributed by atoms with E-state index in [2.05, 4.69) is 0 Å². The van der Waals surface area contributed by atoms with Gasteiger partial charge in [0, 0.05) is 17.9 Å².